The lowest BCUT2D eigenvalue weighted by molar-refractivity contribution is 0.0314. The van der Waals surface area contributed by atoms with Gasteiger partial charge in [-0.2, -0.15) is 0 Å². The van der Waals surface area contributed by atoms with Gasteiger partial charge in [-0.1, -0.05) is 42.5 Å². The average molecular weight is 365 g/mol. The lowest BCUT2D eigenvalue weighted by atomic mass is 10.0. The Kier molecular flexibility index (Phi) is 5.28. The average Bonchev–Trinajstić information content (AvgIpc) is 3.14. The zero-order chi connectivity index (χ0) is 18.7. The summed E-state index contributed by atoms with van der Waals surface area (Å²) in [6, 6.07) is 15.1. The molecule has 0 spiro atoms. The molecule has 26 heavy (non-hydrogen) atoms. The first-order valence-electron chi connectivity index (χ1n) is 8.29. The van der Waals surface area contributed by atoms with Crippen LogP contribution in [0.4, 0.5) is 0 Å². The van der Waals surface area contributed by atoms with Gasteiger partial charge in [-0.15, -0.1) is 11.3 Å². The highest BCUT2D eigenvalue weighted by molar-refractivity contribution is 7.13. The van der Waals surface area contributed by atoms with Crippen LogP contribution in [-0.4, -0.2) is 22.8 Å². The summed E-state index contributed by atoms with van der Waals surface area (Å²) in [5.74, 6) is -0.812. The van der Waals surface area contributed by atoms with Crippen LogP contribution in [0.1, 0.15) is 38.9 Å². The van der Waals surface area contributed by atoms with Gasteiger partial charge in [0.15, 0.2) is 11.8 Å². The molecule has 5 heteroatoms. The van der Waals surface area contributed by atoms with Crippen LogP contribution in [0.25, 0.3) is 10.6 Å². The predicted molar refractivity (Wildman–Crippen MR) is 103 cm³/mol. The Morgan fingerprint density at radius 2 is 1.77 bits per heavy atom. The maximum absolute atomic E-state index is 12.5. The van der Waals surface area contributed by atoms with Gasteiger partial charge in [-0.05, 0) is 38.0 Å². The Hall–Kier alpha value is -2.79. The van der Waals surface area contributed by atoms with Gasteiger partial charge in [0.1, 0.15) is 5.01 Å². The highest BCUT2D eigenvalue weighted by atomic mass is 32.1. The zero-order valence-corrected chi connectivity index (χ0v) is 15.7. The van der Waals surface area contributed by atoms with E-state index in [1.54, 1.807) is 18.4 Å². The normalized spacial score (nSPS) is 11.8. The summed E-state index contributed by atoms with van der Waals surface area (Å²) >= 11 is 1.37. The number of carbonyl (C=O) groups is 2. The van der Waals surface area contributed by atoms with Crippen LogP contribution in [0.3, 0.4) is 0 Å². The fourth-order valence-corrected chi connectivity index (χ4v) is 3.28. The fourth-order valence-electron chi connectivity index (χ4n) is 2.48. The lowest BCUT2D eigenvalue weighted by Gasteiger charge is -2.12. The van der Waals surface area contributed by atoms with Gasteiger partial charge < -0.3 is 4.74 Å². The SMILES string of the molecule is Cc1ccc(C(=O)C(C)OC(=O)c2csc(-c3ccccc3)n2)cc1C. The summed E-state index contributed by atoms with van der Waals surface area (Å²) < 4.78 is 5.33. The van der Waals surface area contributed by atoms with E-state index in [0.29, 0.717) is 5.56 Å². The summed E-state index contributed by atoms with van der Waals surface area (Å²) in [6.07, 6.45) is -0.869. The molecule has 132 valence electrons. The topological polar surface area (TPSA) is 56.3 Å². The van der Waals surface area contributed by atoms with Crippen LogP contribution in [-0.2, 0) is 4.74 Å². The van der Waals surface area contributed by atoms with Crippen molar-refractivity contribution in [3.8, 4) is 10.6 Å². The number of ketones is 1. The maximum Gasteiger partial charge on any atom is 0.358 e. The van der Waals surface area contributed by atoms with Crippen molar-refractivity contribution in [2.45, 2.75) is 26.9 Å². The van der Waals surface area contributed by atoms with E-state index < -0.39 is 12.1 Å². The van der Waals surface area contributed by atoms with Crippen LogP contribution in [0, 0.1) is 13.8 Å². The van der Waals surface area contributed by atoms with Gasteiger partial charge in [0, 0.05) is 16.5 Å². The first-order valence-corrected chi connectivity index (χ1v) is 9.17. The summed E-state index contributed by atoms with van der Waals surface area (Å²) in [4.78, 5) is 29.2. The van der Waals surface area contributed by atoms with E-state index in [0.717, 1.165) is 21.7 Å². The predicted octanol–water partition coefficient (Wildman–Crippen LogP) is 4.86. The zero-order valence-electron chi connectivity index (χ0n) is 14.9. The van der Waals surface area contributed by atoms with Crippen molar-refractivity contribution in [2.75, 3.05) is 0 Å². The molecule has 0 amide bonds. The van der Waals surface area contributed by atoms with Crippen molar-refractivity contribution >= 4 is 23.1 Å². The number of benzene rings is 2. The smallest absolute Gasteiger partial charge is 0.358 e. The minimum absolute atomic E-state index is 0.216. The molecule has 2 aromatic carbocycles. The minimum Gasteiger partial charge on any atom is -0.450 e. The standard InChI is InChI=1S/C21H19NO3S/c1-13-9-10-17(11-14(13)2)19(23)15(3)25-21(24)18-12-26-20(22-18)16-7-5-4-6-8-16/h4-12,15H,1-3H3. The second kappa shape index (κ2) is 7.62. The number of carbonyl (C=O) groups excluding carboxylic acids is 2. The monoisotopic (exact) mass is 365 g/mol. The first kappa shape index (κ1) is 18.0. The van der Waals surface area contributed by atoms with Crippen molar-refractivity contribution in [1.29, 1.82) is 0 Å². The van der Waals surface area contributed by atoms with Crippen molar-refractivity contribution in [3.63, 3.8) is 0 Å². The molecular formula is C21H19NO3S. The van der Waals surface area contributed by atoms with Gasteiger partial charge in [0.25, 0.3) is 0 Å². The number of thiazole rings is 1. The Bertz CT molecular complexity index is 947. The summed E-state index contributed by atoms with van der Waals surface area (Å²) in [5, 5.41) is 2.39. The van der Waals surface area contributed by atoms with Crippen molar-refractivity contribution in [3.05, 3.63) is 76.3 Å². The number of hydrogen-bond donors (Lipinski definition) is 0. The largest absolute Gasteiger partial charge is 0.450 e. The number of aromatic nitrogens is 1. The Morgan fingerprint density at radius 3 is 2.46 bits per heavy atom. The summed E-state index contributed by atoms with van der Waals surface area (Å²) in [6.45, 7) is 5.52. The number of hydrogen-bond acceptors (Lipinski definition) is 5. The van der Waals surface area contributed by atoms with Crippen molar-refractivity contribution in [1.82, 2.24) is 4.98 Å². The van der Waals surface area contributed by atoms with Gasteiger partial charge in [-0.3, -0.25) is 4.79 Å². The fraction of sp³-hybridized carbons (Fsp3) is 0.190. The molecule has 1 atom stereocenters. The molecular weight excluding hydrogens is 346 g/mol. The van der Waals surface area contributed by atoms with Crippen molar-refractivity contribution in [2.24, 2.45) is 0 Å². The third-order valence-corrected chi connectivity index (χ3v) is 5.07. The van der Waals surface area contributed by atoms with E-state index in [9.17, 15) is 9.59 Å². The molecule has 3 aromatic rings. The summed E-state index contributed by atoms with van der Waals surface area (Å²) in [7, 11) is 0. The number of Topliss-reactive ketones (excluding diaryl/α,β-unsaturated/α-hetero) is 1. The van der Waals surface area contributed by atoms with E-state index in [-0.39, 0.29) is 11.5 Å². The molecule has 0 saturated heterocycles. The van der Waals surface area contributed by atoms with E-state index in [4.69, 9.17) is 4.74 Å². The van der Waals surface area contributed by atoms with Gasteiger partial charge in [0.05, 0.1) is 0 Å². The van der Waals surface area contributed by atoms with Gasteiger partial charge >= 0.3 is 5.97 Å². The Balaban J connectivity index is 1.70. The molecule has 0 saturated carbocycles. The van der Waals surface area contributed by atoms with Crippen LogP contribution in [0.5, 0.6) is 0 Å². The number of esters is 1. The van der Waals surface area contributed by atoms with Crippen LogP contribution in [0.15, 0.2) is 53.9 Å². The molecule has 0 aliphatic heterocycles. The molecule has 0 radical (unpaired) electrons. The molecule has 0 aliphatic carbocycles. The number of rotatable bonds is 5. The minimum atomic E-state index is -0.869. The number of ether oxygens (including phenoxy) is 1. The Morgan fingerprint density at radius 1 is 1.04 bits per heavy atom. The number of nitrogens with zero attached hydrogens (tertiary/aromatic N) is 1. The lowest BCUT2D eigenvalue weighted by Crippen LogP contribution is -2.24. The molecule has 0 aliphatic rings. The third-order valence-electron chi connectivity index (χ3n) is 4.18. The van der Waals surface area contributed by atoms with E-state index in [2.05, 4.69) is 4.98 Å². The molecule has 0 N–H and O–H groups in total. The van der Waals surface area contributed by atoms with Crippen LogP contribution < -0.4 is 0 Å². The molecule has 3 rings (SSSR count). The van der Waals surface area contributed by atoms with Crippen molar-refractivity contribution < 1.29 is 14.3 Å². The molecule has 0 bridgehead atoms. The second-order valence-corrected chi connectivity index (χ2v) is 6.97. The molecule has 1 unspecified atom stereocenters. The van der Waals surface area contributed by atoms with Gasteiger partial charge in [-0.25, -0.2) is 9.78 Å². The quantitative estimate of drug-likeness (QED) is 0.479. The Labute approximate surface area is 156 Å². The van der Waals surface area contributed by atoms with Crippen LogP contribution >= 0.6 is 11.3 Å². The van der Waals surface area contributed by atoms with Crippen LogP contribution in [0.2, 0.25) is 0 Å². The molecule has 1 aromatic heterocycles. The first-order chi connectivity index (χ1) is 12.5. The summed E-state index contributed by atoms with van der Waals surface area (Å²) in [5.41, 5.74) is 3.84. The van der Waals surface area contributed by atoms with E-state index in [1.165, 1.54) is 11.3 Å². The second-order valence-electron chi connectivity index (χ2n) is 6.11. The molecule has 4 nitrogen and oxygen atoms in total. The van der Waals surface area contributed by atoms with Gasteiger partial charge in [0.2, 0.25) is 5.78 Å². The highest BCUT2D eigenvalue weighted by Gasteiger charge is 2.22. The molecule has 1 heterocycles. The number of aryl methyl sites for hydroxylation is 2. The van der Waals surface area contributed by atoms with E-state index in [1.807, 2.05) is 56.3 Å². The highest BCUT2D eigenvalue weighted by Crippen LogP contribution is 2.24. The third kappa shape index (κ3) is 3.89. The van der Waals surface area contributed by atoms with E-state index >= 15 is 0 Å². The molecule has 0 fully saturated rings. The maximum atomic E-state index is 12.5.